The van der Waals surface area contributed by atoms with E-state index in [2.05, 4.69) is 26.8 Å². The van der Waals surface area contributed by atoms with E-state index in [1.165, 1.54) is 4.90 Å². The van der Waals surface area contributed by atoms with Crippen LogP contribution in [0.3, 0.4) is 0 Å². The molecule has 0 spiro atoms. The van der Waals surface area contributed by atoms with E-state index >= 15 is 0 Å². The molecule has 1 aromatic carbocycles. The van der Waals surface area contributed by atoms with Crippen molar-refractivity contribution < 1.29 is 5.11 Å². The normalized spacial score (nSPS) is 11.7. The lowest BCUT2D eigenvalue weighted by atomic mass is 10.2. The van der Waals surface area contributed by atoms with Gasteiger partial charge in [-0.3, -0.25) is 0 Å². The first-order chi connectivity index (χ1) is 6.03. The van der Waals surface area contributed by atoms with Gasteiger partial charge in [-0.25, -0.2) is 0 Å². The first kappa shape index (κ1) is 10.6. The maximum absolute atomic E-state index is 9.10. The molecule has 0 aromatic heterocycles. The van der Waals surface area contributed by atoms with Crippen molar-refractivity contribution >= 4 is 11.8 Å². The van der Waals surface area contributed by atoms with Gasteiger partial charge in [0.2, 0.25) is 0 Å². The zero-order chi connectivity index (χ0) is 9.90. The molecular weight excluding hydrogens is 180 g/mol. The second kappa shape index (κ2) is 4.16. The molecule has 72 valence electrons. The smallest absolute Gasteiger partial charge is 0.0692 e. The van der Waals surface area contributed by atoms with Crippen molar-refractivity contribution in [3.05, 3.63) is 29.8 Å². The molecule has 0 aliphatic carbocycles. The summed E-state index contributed by atoms with van der Waals surface area (Å²) in [4.78, 5) is 1.18. The number of rotatable bonds is 2. The van der Waals surface area contributed by atoms with E-state index in [1.54, 1.807) is 11.8 Å². The molecule has 0 aliphatic rings. The molecule has 1 rings (SSSR count). The van der Waals surface area contributed by atoms with Crippen molar-refractivity contribution in [3.8, 4) is 0 Å². The molecule has 1 aromatic rings. The lowest BCUT2D eigenvalue weighted by Gasteiger charge is -2.19. The summed E-state index contributed by atoms with van der Waals surface area (Å²) in [5.41, 5.74) is 1.02. The monoisotopic (exact) mass is 196 g/mol. The van der Waals surface area contributed by atoms with Gasteiger partial charge in [-0.15, -0.1) is 11.8 Å². The van der Waals surface area contributed by atoms with Crippen molar-refractivity contribution in [1.29, 1.82) is 0 Å². The quantitative estimate of drug-likeness (QED) is 0.734. The van der Waals surface area contributed by atoms with Crippen LogP contribution in [0, 0.1) is 0 Å². The Morgan fingerprint density at radius 2 is 1.85 bits per heavy atom. The fourth-order valence-corrected chi connectivity index (χ4v) is 2.13. The van der Waals surface area contributed by atoms with Crippen molar-refractivity contribution in [1.82, 2.24) is 0 Å². The van der Waals surface area contributed by atoms with Gasteiger partial charge in [-0.2, -0.15) is 0 Å². The summed E-state index contributed by atoms with van der Waals surface area (Å²) in [6.45, 7) is 6.64. The van der Waals surface area contributed by atoms with Gasteiger partial charge in [0.1, 0.15) is 0 Å². The van der Waals surface area contributed by atoms with Crippen LogP contribution in [0.4, 0.5) is 0 Å². The van der Waals surface area contributed by atoms with Crippen LogP contribution in [0.1, 0.15) is 26.3 Å². The van der Waals surface area contributed by atoms with Crippen LogP contribution < -0.4 is 0 Å². The molecule has 0 saturated heterocycles. The molecule has 0 aliphatic heterocycles. The van der Waals surface area contributed by atoms with E-state index in [-0.39, 0.29) is 11.4 Å². The predicted molar refractivity (Wildman–Crippen MR) is 58.0 cm³/mol. The van der Waals surface area contributed by atoms with Crippen molar-refractivity contribution in [2.45, 2.75) is 37.0 Å². The summed E-state index contributed by atoms with van der Waals surface area (Å²) in [7, 11) is 0. The van der Waals surface area contributed by atoms with Crippen molar-refractivity contribution in [3.63, 3.8) is 0 Å². The molecule has 1 nitrogen and oxygen atoms in total. The van der Waals surface area contributed by atoms with Gasteiger partial charge in [0.25, 0.3) is 0 Å². The first-order valence-electron chi connectivity index (χ1n) is 4.41. The molecule has 0 radical (unpaired) electrons. The molecule has 2 heteroatoms. The Morgan fingerprint density at radius 3 is 2.38 bits per heavy atom. The zero-order valence-electron chi connectivity index (χ0n) is 8.37. The summed E-state index contributed by atoms with van der Waals surface area (Å²) in [6.07, 6.45) is 0. The van der Waals surface area contributed by atoms with Gasteiger partial charge < -0.3 is 5.11 Å². The molecular formula is C11H16OS. The highest BCUT2D eigenvalue weighted by molar-refractivity contribution is 8.00. The SMILES string of the molecule is CC(C)(C)Sc1ccccc1CO. The zero-order valence-corrected chi connectivity index (χ0v) is 9.19. The van der Waals surface area contributed by atoms with Crippen molar-refractivity contribution in [2.24, 2.45) is 0 Å². The number of thioether (sulfide) groups is 1. The van der Waals surface area contributed by atoms with Gasteiger partial charge in [0.15, 0.2) is 0 Å². The maximum Gasteiger partial charge on any atom is 0.0692 e. The van der Waals surface area contributed by atoms with Gasteiger partial charge in [0.05, 0.1) is 6.61 Å². The lowest BCUT2D eigenvalue weighted by Crippen LogP contribution is -2.07. The van der Waals surface area contributed by atoms with Crippen LogP contribution in [0.25, 0.3) is 0 Å². The summed E-state index contributed by atoms with van der Waals surface area (Å²) >= 11 is 1.79. The molecule has 0 bridgehead atoms. The Morgan fingerprint density at radius 1 is 1.23 bits per heavy atom. The van der Waals surface area contributed by atoms with Crippen LogP contribution in [-0.2, 0) is 6.61 Å². The van der Waals surface area contributed by atoms with Gasteiger partial charge >= 0.3 is 0 Å². The molecule has 0 amide bonds. The topological polar surface area (TPSA) is 20.2 Å². The highest BCUT2D eigenvalue weighted by Crippen LogP contribution is 2.33. The molecule has 0 atom stereocenters. The summed E-state index contributed by atoms with van der Waals surface area (Å²) < 4.78 is 0.200. The second-order valence-corrected chi connectivity index (χ2v) is 5.85. The van der Waals surface area contributed by atoms with Gasteiger partial charge in [0, 0.05) is 9.64 Å². The summed E-state index contributed by atoms with van der Waals surface area (Å²) in [6, 6.07) is 7.99. The maximum atomic E-state index is 9.10. The van der Waals surface area contributed by atoms with Gasteiger partial charge in [-0.05, 0) is 11.6 Å². The van der Waals surface area contributed by atoms with Crippen LogP contribution >= 0.6 is 11.8 Å². The third-order valence-electron chi connectivity index (χ3n) is 1.56. The Kier molecular flexibility index (Phi) is 3.40. The number of aliphatic hydroxyl groups excluding tert-OH is 1. The standard InChI is InChI=1S/C11H16OS/c1-11(2,3)13-10-7-5-4-6-9(10)8-12/h4-7,12H,8H2,1-3H3. The van der Waals surface area contributed by atoms with Crippen molar-refractivity contribution in [2.75, 3.05) is 0 Å². The second-order valence-electron chi connectivity index (χ2n) is 3.98. The van der Waals surface area contributed by atoms with E-state index in [9.17, 15) is 0 Å². The Labute approximate surface area is 84.2 Å². The largest absolute Gasteiger partial charge is 0.392 e. The fraction of sp³-hybridized carbons (Fsp3) is 0.455. The molecule has 0 saturated carbocycles. The highest BCUT2D eigenvalue weighted by atomic mass is 32.2. The average molecular weight is 196 g/mol. The number of hydrogen-bond acceptors (Lipinski definition) is 2. The summed E-state index contributed by atoms with van der Waals surface area (Å²) in [5, 5.41) is 9.10. The molecule has 0 fully saturated rings. The molecule has 1 N–H and O–H groups in total. The minimum absolute atomic E-state index is 0.124. The minimum Gasteiger partial charge on any atom is -0.392 e. The Balaban J connectivity index is 2.87. The fourth-order valence-electron chi connectivity index (χ4n) is 1.06. The van der Waals surface area contributed by atoms with Crippen LogP contribution in [0.15, 0.2) is 29.2 Å². The number of benzene rings is 1. The first-order valence-corrected chi connectivity index (χ1v) is 5.22. The Hall–Kier alpha value is -0.470. The van der Waals surface area contributed by atoms with E-state index in [0.717, 1.165) is 5.56 Å². The third kappa shape index (κ3) is 3.41. The van der Waals surface area contributed by atoms with E-state index in [0.29, 0.717) is 0 Å². The van der Waals surface area contributed by atoms with Crippen LogP contribution in [0.2, 0.25) is 0 Å². The molecule has 0 heterocycles. The molecule has 13 heavy (non-hydrogen) atoms. The van der Waals surface area contributed by atoms with E-state index in [4.69, 9.17) is 5.11 Å². The average Bonchev–Trinajstić information content (AvgIpc) is 2.02. The third-order valence-corrected chi connectivity index (χ3v) is 2.79. The molecule has 0 unspecified atom stereocenters. The number of hydrogen-bond donors (Lipinski definition) is 1. The Bertz CT molecular complexity index is 276. The van der Waals surface area contributed by atoms with E-state index in [1.807, 2.05) is 18.2 Å². The predicted octanol–water partition coefficient (Wildman–Crippen LogP) is 3.07. The van der Waals surface area contributed by atoms with Gasteiger partial charge in [-0.1, -0.05) is 39.0 Å². The lowest BCUT2D eigenvalue weighted by molar-refractivity contribution is 0.279. The summed E-state index contributed by atoms with van der Waals surface area (Å²) in [5.74, 6) is 0. The number of aliphatic hydroxyl groups is 1. The van der Waals surface area contributed by atoms with E-state index < -0.39 is 0 Å². The minimum atomic E-state index is 0.124. The highest BCUT2D eigenvalue weighted by Gasteiger charge is 2.13. The van der Waals surface area contributed by atoms with Crippen LogP contribution in [0.5, 0.6) is 0 Å². The van der Waals surface area contributed by atoms with Crippen LogP contribution in [-0.4, -0.2) is 9.85 Å².